The molecule has 7 heteroatoms. The number of pyridine rings is 1. The molecule has 2 heterocycles. The van der Waals surface area contributed by atoms with Crippen molar-refractivity contribution in [3.8, 4) is 5.75 Å². The number of carboxylic acids is 1. The quantitative estimate of drug-likeness (QED) is 0.680. The number of rotatable bonds is 3. The summed E-state index contributed by atoms with van der Waals surface area (Å²) < 4.78 is 1.91. The lowest BCUT2D eigenvalue weighted by molar-refractivity contribution is -0.135. The molecule has 3 N–H and O–H groups in total. The lowest BCUT2D eigenvalue weighted by Gasteiger charge is -2.08. The molecule has 7 nitrogen and oxygen atoms in total. The van der Waals surface area contributed by atoms with Crippen molar-refractivity contribution in [1.82, 2.24) is 14.9 Å². The SMILES string of the molecule is Cc1nc(C(=O)NCC(=O)O)c(O)c2c3ccccc3n(C)c12. The Morgan fingerprint density at radius 3 is 2.70 bits per heavy atom. The number of aliphatic carboxylic acids is 1. The van der Waals surface area contributed by atoms with Crippen molar-refractivity contribution in [3.05, 3.63) is 35.7 Å². The zero-order valence-corrected chi connectivity index (χ0v) is 12.6. The Kier molecular flexibility index (Phi) is 3.40. The van der Waals surface area contributed by atoms with Gasteiger partial charge in [-0.25, -0.2) is 4.98 Å². The fourth-order valence-corrected chi connectivity index (χ4v) is 2.85. The van der Waals surface area contributed by atoms with E-state index in [1.807, 2.05) is 35.9 Å². The van der Waals surface area contributed by atoms with E-state index in [9.17, 15) is 14.7 Å². The molecule has 118 valence electrons. The van der Waals surface area contributed by atoms with Crippen LogP contribution in [0.2, 0.25) is 0 Å². The van der Waals surface area contributed by atoms with Gasteiger partial charge in [0.15, 0.2) is 11.4 Å². The summed E-state index contributed by atoms with van der Waals surface area (Å²) in [5.74, 6) is -2.13. The first-order valence-electron chi connectivity index (χ1n) is 6.98. The molecule has 0 radical (unpaired) electrons. The number of fused-ring (bicyclic) bond motifs is 3. The maximum atomic E-state index is 12.1. The number of aromatic hydroxyl groups is 1. The second-order valence-electron chi connectivity index (χ2n) is 5.27. The fraction of sp³-hybridized carbons (Fsp3) is 0.188. The zero-order chi connectivity index (χ0) is 16.7. The largest absolute Gasteiger partial charge is 0.505 e. The number of hydrogen-bond acceptors (Lipinski definition) is 4. The van der Waals surface area contributed by atoms with E-state index in [0.29, 0.717) is 11.1 Å². The number of carboxylic acid groups (broad SMARTS) is 1. The van der Waals surface area contributed by atoms with Gasteiger partial charge in [-0.05, 0) is 13.0 Å². The standard InChI is InChI=1S/C16H15N3O4/c1-8-14-12(9-5-3-4-6-10(9)19(14)2)15(22)13(18-8)16(23)17-7-11(20)21/h3-6,22H,7H2,1-2H3,(H,17,23)(H,20,21). The van der Waals surface area contributed by atoms with Gasteiger partial charge >= 0.3 is 5.97 Å². The van der Waals surface area contributed by atoms with E-state index in [4.69, 9.17) is 5.11 Å². The van der Waals surface area contributed by atoms with Crippen molar-refractivity contribution < 1.29 is 19.8 Å². The molecule has 23 heavy (non-hydrogen) atoms. The first kappa shape index (κ1) is 14.8. The van der Waals surface area contributed by atoms with Crippen LogP contribution >= 0.6 is 0 Å². The van der Waals surface area contributed by atoms with Crippen LogP contribution in [-0.2, 0) is 11.8 Å². The van der Waals surface area contributed by atoms with Gasteiger partial charge in [0.25, 0.3) is 5.91 Å². The predicted octanol–water partition coefficient (Wildman–Crippen LogP) is 1.55. The lowest BCUT2D eigenvalue weighted by Crippen LogP contribution is -2.30. The van der Waals surface area contributed by atoms with Gasteiger partial charge in [0.2, 0.25) is 0 Å². The summed E-state index contributed by atoms with van der Waals surface area (Å²) in [5, 5.41) is 22.7. The van der Waals surface area contributed by atoms with Gasteiger partial charge in [-0.1, -0.05) is 18.2 Å². The van der Waals surface area contributed by atoms with Crippen LogP contribution in [0.3, 0.4) is 0 Å². The van der Waals surface area contributed by atoms with Gasteiger partial charge in [-0.15, -0.1) is 0 Å². The first-order valence-corrected chi connectivity index (χ1v) is 6.98. The van der Waals surface area contributed by atoms with E-state index in [1.165, 1.54) is 0 Å². The van der Waals surface area contributed by atoms with Crippen LogP contribution in [0.5, 0.6) is 5.75 Å². The van der Waals surface area contributed by atoms with Gasteiger partial charge in [0, 0.05) is 18.0 Å². The second kappa shape index (κ2) is 5.28. The number of para-hydroxylation sites is 1. The monoisotopic (exact) mass is 313 g/mol. The Balaban J connectivity index is 2.27. The highest BCUT2D eigenvalue weighted by atomic mass is 16.4. The molecular formula is C16H15N3O4. The third-order valence-corrected chi connectivity index (χ3v) is 3.81. The van der Waals surface area contributed by atoms with Crippen LogP contribution < -0.4 is 5.32 Å². The van der Waals surface area contributed by atoms with Crippen LogP contribution in [0.25, 0.3) is 21.8 Å². The van der Waals surface area contributed by atoms with Gasteiger partial charge in [-0.2, -0.15) is 0 Å². The van der Waals surface area contributed by atoms with Crippen molar-refractivity contribution in [3.63, 3.8) is 0 Å². The maximum Gasteiger partial charge on any atom is 0.322 e. The average molecular weight is 313 g/mol. The van der Waals surface area contributed by atoms with E-state index in [-0.39, 0.29) is 11.4 Å². The van der Waals surface area contributed by atoms with Crippen molar-refractivity contribution >= 4 is 33.7 Å². The summed E-state index contributed by atoms with van der Waals surface area (Å²) in [6.45, 7) is 1.21. The minimum absolute atomic E-state index is 0.174. The zero-order valence-electron chi connectivity index (χ0n) is 12.6. The van der Waals surface area contributed by atoms with Gasteiger partial charge in [-0.3, -0.25) is 9.59 Å². The summed E-state index contributed by atoms with van der Waals surface area (Å²) in [6.07, 6.45) is 0. The summed E-state index contributed by atoms with van der Waals surface area (Å²) in [7, 11) is 1.86. The molecular weight excluding hydrogens is 298 g/mol. The topological polar surface area (TPSA) is 104 Å². The van der Waals surface area contributed by atoms with Crippen molar-refractivity contribution in [2.75, 3.05) is 6.54 Å². The lowest BCUT2D eigenvalue weighted by atomic mass is 10.1. The molecule has 1 amide bonds. The Bertz CT molecular complexity index is 959. The summed E-state index contributed by atoms with van der Waals surface area (Å²) in [5.41, 5.74) is 2.05. The van der Waals surface area contributed by atoms with Crippen LogP contribution in [-0.4, -0.2) is 38.2 Å². The van der Waals surface area contributed by atoms with E-state index >= 15 is 0 Å². The van der Waals surface area contributed by atoms with Crippen LogP contribution in [0.4, 0.5) is 0 Å². The maximum absolute atomic E-state index is 12.1. The Labute approximate surface area is 131 Å². The highest BCUT2D eigenvalue weighted by Gasteiger charge is 2.22. The third kappa shape index (κ3) is 2.26. The number of carbonyl (C=O) groups is 2. The Morgan fingerprint density at radius 1 is 1.30 bits per heavy atom. The van der Waals surface area contributed by atoms with E-state index < -0.39 is 18.4 Å². The number of hydrogen-bond donors (Lipinski definition) is 3. The van der Waals surface area contributed by atoms with Crippen molar-refractivity contribution in [2.24, 2.45) is 7.05 Å². The van der Waals surface area contributed by atoms with E-state index in [0.717, 1.165) is 16.4 Å². The highest BCUT2D eigenvalue weighted by molar-refractivity contribution is 6.14. The number of aryl methyl sites for hydroxylation is 2. The molecule has 0 aliphatic carbocycles. The molecule has 0 bridgehead atoms. The first-order chi connectivity index (χ1) is 10.9. The molecule has 3 rings (SSSR count). The molecule has 0 aliphatic heterocycles. The number of benzene rings is 1. The number of nitrogens with zero attached hydrogens (tertiary/aromatic N) is 2. The van der Waals surface area contributed by atoms with Crippen LogP contribution in [0.15, 0.2) is 24.3 Å². The number of carbonyl (C=O) groups excluding carboxylic acids is 1. The Morgan fingerprint density at radius 2 is 2.00 bits per heavy atom. The second-order valence-corrected chi connectivity index (χ2v) is 5.27. The Hall–Kier alpha value is -3.09. The summed E-state index contributed by atoms with van der Waals surface area (Å²) in [4.78, 5) is 26.8. The summed E-state index contributed by atoms with van der Waals surface area (Å²) >= 11 is 0. The van der Waals surface area contributed by atoms with Crippen LogP contribution in [0, 0.1) is 6.92 Å². The molecule has 2 aromatic heterocycles. The molecule has 3 aromatic rings. The molecule has 0 aliphatic rings. The summed E-state index contributed by atoms with van der Waals surface area (Å²) in [6, 6.07) is 7.51. The van der Waals surface area contributed by atoms with Gasteiger partial charge in [0.05, 0.1) is 16.6 Å². The van der Waals surface area contributed by atoms with E-state index in [1.54, 1.807) is 6.92 Å². The smallest absolute Gasteiger partial charge is 0.322 e. The predicted molar refractivity (Wildman–Crippen MR) is 84.6 cm³/mol. The molecule has 0 unspecified atom stereocenters. The van der Waals surface area contributed by atoms with Crippen LogP contribution in [0.1, 0.15) is 16.2 Å². The van der Waals surface area contributed by atoms with Crippen molar-refractivity contribution in [2.45, 2.75) is 6.92 Å². The minimum Gasteiger partial charge on any atom is -0.505 e. The fourth-order valence-electron chi connectivity index (χ4n) is 2.85. The molecule has 0 spiro atoms. The minimum atomic E-state index is -1.17. The molecule has 0 atom stereocenters. The molecule has 0 fully saturated rings. The number of amides is 1. The van der Waals surface area contributed by atoms with Crippen molar-refractivity contribution in [1.29, 1.82) is 0 Å². The third-order valence-electron chi connectivity index (χ3n) is 3.81. The molecule has 0 saturated carbocycles. The highest BCUT2D eigenvalue weighted by Crippen LogP contribution is 2.37. The number of nitrogens with one attached hydrogen (secondary N) is 1. The molecule has 0 saturated heterocycles. The normalized spacial score (nSPS) is 11.0. The van der Waals surface area contributed by atoms with E-state index in [2.05, 4.69) is 10.3 Å². The number of aromatic nitrogens is 2. The van der Waals surface area contributed by atoms with Gasteiger partial charge in [0.1, 0.15) is 6.54 Å². The average Bonchev–Trinajstić information content (AvgIpc) is 2.83. The van der Waals surface area contributed by atoms with Gasteiger partial charge < -0.3 is 20.1 Å². The molecule has 1 aromatic carbocycles.